The van der Waals surface area contributed by atoms with E-state index in [1.54, 1.807) is 49.7 Å². The third-order valence-electron chi connectivity index (χ3n) is 7.28. The summed E-state index contributed by atoms with van der Waals surface area (Å²) in [6.07, 6.45) is 6.94. The molecule has 0 aliphatic rings. The minimum atomic E-state index is 0.391. The summed E-state index contributed by atoms with van der Waals surface area (Å²) < 4.78 is 10.0. The predicted octanol–water partition coefficient (Wildman–Crippen LogP) is 9.47. The summed E-state index contributed by atoms with van der Waals surface area (Å²) in [4.78, 5) is 39.3. The summed E-state index contributed by atoms with van der Waals surface area (Å²) in [5, 5.41) is 2.15. The molecule has 0 amide bonds. The van der Waals surface area contributed by atoms with Crippen molar-refractivity contribution in [1.82, 2.24) is 15.0 Å². The van der Waals surface area contributed by atoms with E-state index in [0.717, 1.165) is 38.6 Å². The molecule has 6 aromatic rings. The first kappa shape index (κ1) is 31.8. The van der Waals surface area contributed by atoms with Gasteiger partial charge in [-0.15, -0.1) is 11.3 Å². The number of carbonyl (C=O) groups excluding carboxylic acids is 2. The summed E-state index contributed by atoms with van der Waals surface area (Å²) in [5.74, 6) is 0.871. The number of anilines is 3. The van der Waals surface area contributed by atoms with Gasteiger partial charge in [-0.2, -0.15) is 0 Å². The molecule has 0 radical (unpaired) electrons. The largest absolute Gasteiger partial charge is 0.434 e. The molecule has 0 bridgehead atoms. The van der Waals surface area contributed by atoms with Crippen molar-refractivity contribution in [3.63, 3.8) is 0 Å². The quantitative estimate of drug-likeness (QED) is 0.0955. The van der Waals surface area contributed by atoms with E-state index < -0.39 is 0 Å². The molecule has 0 N–H and O–H groups in total. The molecule has 0 saturated carbocycles. The average molecular weight is 651 g/mol. The van der Waals surface area contributed by atoms with Crippen molar-refractivity contribution < 1.29 is 19.1 Å². The number of hydrogen-bond acceptors (Lipinski definition) is 9. The van der Waals surface area contributed by atoms with Gasteiger partial charge in [-0.1, -0.05) is 36.4 Å². The van der Waals surface area contributed by atoms with Gasteiger partial charge in [-0.3, -0.25) is 19.6 Å². The molecular weight excluding hydrogens is 621 g/mol. The monoisotopic (exact) mass is 650 g/mol. The van der Waals surface area contributed by atoms with Crippen LogP contribution >= 0.6 is 11.3 Å². The number of allylic oxidation sites excluding steroid dienone is 2. The van der Waals surface area contributed by atoms with E-state index in [2.05, 4.69) is 50.6 Å². The van der Waals surface area contributed by atoms with Crippen LogP contribution in [-0.2, 0) is 19.1 Å². The molecule has 0 atom stereocenters. The van der Waals surface area contributed by atoms with Gasteiger partial charge in [0.2, 0.25) is 0 Å². The van der Waals surface area contributed by atoms with Crippen molar-refractivity contribution in [2.24, 2.45) is 0 Å². The molecule has 4 heterocycles. The Morgan fingerprint density at radius 3 is 1.77 bits per heavy atom. The molecule has 0 aliphatic heterocycles. The molecule has 0 spiro atoms. The molecule has 0 unspecified atom stereocenters. The van der Waals surface area contributed by atoms with Gasteiger partial charge in [0.1, 0.15) is 11.5 Å². The van der Waals surface area contributed by atoms with Crippen LogP contribution in [0.5, 0.6) is 0 Å². The standard InChI is InChI=1S/C39H30N4O4S/c1-27(46-25-44)17-29-13-15-40-35(19-29)37-20-30(18-28(2)47-26-45)21-38(42-37)36-22-31(14-16-41-36)39-23-34(24-48-39)43(32-9-5-3-6-10-32)33-11-7-4-8-12-33/h3-26H,1-2H3/b27-17+,28-18+. The van der Waals surface area contributed by atoms with Crippen LogP contribution in [0.2, 0.25) is 0 Å². The van der Waals surface area contributed by atoms with E-state index in [9.17, 15) is 9.59 Å². The Morgan fingerprint density at radius 1 is 0.625 bits per heavy atom. The lowest BCUT2D eigenvalue weighted by Crippen LogP contribution is -2.08. The summed E-state index contributed by atoms with van der Waals surface area (Å²) in [7, 11) is 0. The predicted molar refractivity (Wildman–Crippen MR) is 190 cm³/mol. The van der Waals surface area contributed by atoms with Crippen molar-refractivity contribution in [3.05, 3.63) is 144 Å². The maximum Gasteiger partial charge on any atom is 0.298 e. The minimum Gasteiger partial charge on any atom is -0.434 e. The van der Waals surface area contributed by atoms with Crippen LogP contribution in [0.3, 0.4) is 0 Å². The third-order valence-corrected chi connectivity index (χ3v) is 8.25. The van der Waals surface area contributed by atoms with Gasteiger partial charge < -0.3 is 14.4 Å². The number of rotatable bonds is 12. The number of carbonyl (C=O) groups is 2. The second-order valence-corrected chi connectivity index (χ2v) is 11.6. The number of ether oxygens (including phenoxy) is 2. The lowest BCUT2D eigenvalue weighted by Gasteiger charge is -2.23. The maximum atomic E-state index is 11.0. The lowest BCUT2D eigenvalue weighted by atomic mass is 10.1. The summed E-state index contributed by atoms with van der Waals surface area (Å²) in [5.41, 5.74) is 8.22. The molecule has 2 aromatic carbocycles. The number of aromatic nitrogens is 3. The first-order valence-electron chi connectivity index (χ1n) is 15.0. The number of thiophene rings is 1. The maximum absolute atomic E-state index is 11.0. The number of para-hydroxylation sites is 2. The molecule has 9 heteroatoms. The molecule has 8 nitrogen and oxygen atoms in total. The molecular formula is C39H30N4O4S. The van der Waals surface area contributed by atoms with Crippen LogP contribution in [0.4, 0.5) is 17.1 Å². The van der Waals surface area contributed by atoms with Crippen molar-refractivity contribution >= 4 is 53.5 Å². The highest BCUT2D eigenvalue weighted by molar-refractivity contribution is 7.14. The summed E-state index contributed by atoms with van der Waals surface area (Å²) in [6.45, 7) is 4.19. The summed E-state index contributed by atoms with van der Waals surface area (Å²) in [6, 6.07) is 34.2. The van der Waals surface area contributed by atoms with E-state index >= 15 is 0 Å². The molecule has 4 aromatic heterocycles. The van der Waals surface area contributed by atoms with E-state index in [1.165, 1.54) is 0 Å². The number of hydrogen-bond donors (Lipinski definition) is 0. The van der Waals surface area contributed by atoms with Gasteiger partial charge in [0, 0.05) is 34.0 Å². The van der Waals surface area contributed by atoms with Crippen LogP contribution in [0.1, 0.15) is 25.0 Å². The first-order valence-corrected chi connectivity index (χ1v) is 15.9. The minimum absolute atomic E-state index is 0.391. The molecule has 48 heavy (non-hydrogen) atoms. The van der Waals surface area contributed by atoms with Crippen LogP contribution in [-0.4, -0.2) is 27.9 Å². The highest BCUT2D eigenvalue weighted by Gasteiger charge is 2.16. The second-order valence-electron chi connectivity index (χ2n) is 10.7. The SMILES string of the molecule is C/C(=C\c1ccnc(-c2cc(/C=C(\C)OC=O)cc(-c3cc(-c4cc(N(c5ccccc5)c5ccccc5)cs4)ccn3)n2)c1)OC=O. The highest BCUT2D eigenvalue weighted by Crippen LogP contribution is 2.40. The molecule has 6 rings (SSSR count). The number of nitrogens with zero attached hydrogens (tertiary/aromatic N) is 4. The normalized spacial score (nSPS) is 11.5. The molecule has 0 saturated heterocycles. The molecule has 0 fully saturated rings. The van der Waals surface area contributed by atoms with Gasteiger partial charge in [0.15, 0.2) is 0 Å². The van der Waals surface area contributed by atoms with Crippen molar-refractivity contribution in [2.75, 3.05) is 4.90 Å². The zero-order valence-electron chi connectivity index (χ0n) is 26.2. The van der Waals surface area contributed by atoms with Gasteiger partial charge in [0.05, 0.1) is 28.5 Å². The lowest BCUT2D eigenvalue weighted by molar-refractivity contribution is -0.125. The van der Waals surface area contributed by atoms with Gasteiger partial charge in [-0.05, 0) is 109 Å². The van der Waals surface area contributed by atoms with Gasteiger partial charge in [0.25, 0.3) is 12.9 Å². The van der Waals surface area contributed by atoms with E-state index in [-0.39, 0.29) is 0 Å². The fourth-order valence-electron chi connectivity index (χ4n) is 5.18. The Bertz CT molecular complexity index is 2070. The Hall–Kier alpha value is -6.19. The summed E-state index contributed by atoms with van der Waals surface area (Å²) >= 11 is 1.65. The Labute approximate surface area is 282 Å². The van der Waals surface area contributed by atoms with Crippen molar-refractivity contribution in [1.29, 1.82) is 0 Å². The second kappa shape index (κ2) is 14.9. The zero-order valence-corrected chi connectivity index (χ0v) is 27.0. The van der Waals surface area contributed by atoms with Crippen LogP contribution < -0.4 is 4.90 Å². The smallest absolute Gasteiger partial charge is 0.298 e. The fourth-order valence-corrected chi connectivity index (χ4v) is 6.06. The third kappa shape index (κ3) is 7.60. The molecule has 0 aliphatic carbocycles. The number of pyridine rings is 3. The van der Waals surface area contributed by atoms with Crippen LogP contribution in [0, 0.1) is 0 Å². The van der Waals surface area contributed by atoms with Crippen LogP contribution in [0.25, 0.3) is 45.4 Å². The van der Waals surface area contributed by atoms with Gasteiger partial charge >= 0.3 is 0 Å². The Kier molecular flexibility index (Phi) is 9.89. The van der Waals surface area contributed by atoms with Crippen molar-refractivity contribution in [3.8, 4) is 33.2 Å². The Balaban J connectivity index is 1.39. The number of benzene rings is 2. The zero-order chi connectivity index (χ0) is 33.3. The first-order chi connectivity index (χ1) is 23.5. The van der Waals surface area contributed by atoms with Crippen LogP contribution in [0.15, 0.2) is 132 Å². The fraction of sp³-hybridized carbons (Fsp3) is 0.0513. The Morgan fingerprint density at radius 2 is 1.17 bits per heavy atom. The average Bonchev–Trinajstić information content (AvgIpc) is 3.59. The van der Waals surface area contributed by atoms with E-state index in [0.29, 0.717) is 47.2 Å². The topological polar surface area (TPSA) is 94.5 Å². The van der Waals surface area contributed by atoms with E-state index in [4.69, 9.17) is 14.5 Å². The van der Waals surface area contributed by atoms with Crippen molar-refractivity contribution in [2.45, 2.75) is 13.8 Å². The highest BCUT2D eigenvalue weighted by atomic mass is 32.1. The van der Waals surface area contributed by atoms with Gasteiger partial charge in [-0.25, -0.2) is 4.98 Å². The molecule has 236 valence electrons. The van der Waals surface area contributed by atoms with E-state index in [1.807, 2.05) is 72.8 Å².